The summed E-state index contributed by atoms with van der Waals surface area (Å²) in [6.45, 7) is 6.13. The minimum atomic E-state index is 0.512. The maximum Gasteiger partial charge on any atom is 0.226 e. The third-order valence-electron chi connectivity index (χ3n) is 4.49. The number of aryl methyl sites for hydroxylation is 3. The zero-order valence-electron chi connectivity index (χ0n) is 16.4. The van der Waals surface area contributed by atoms with E-state index in [1.54, 1.807) is 0 Å². The standard InChI is InChI=1S/C21H20ClN5OS/c1-4-18-23-24-19(28-18)12-29-21-26-25-20(15-7-5-6-8-16(15)22)27(21)17-11-13(2)9-10-14(17)3/h5-11H,4,12H2,1-3H3. The first-order valence-electron chi connectivity index (χ1n) is 9.28. The summed E-state index contributed by atoms with van der Waals surface area (Å²) < 4.78 is 7.68. The lowest BCUT2D eigenvalue weighted by molar-refractivity contribution is 0.470. The average Bonchev–Trinajstić information content (AvgIpc) is 3.35. The third-order valence-corrected chi connectivity index (χ3v) is 5.73. The van der Waals surface area contributed by atoms with Gasteiger partial charge in [0.05, 0.1) is 16.5 Å². The highest BCUT2D eigenvalue weighted by Crippen LogP contribution is 2.34. The van der Waals surface area contributed by atoms with Gasteiger partial charge in [0.1, 0.15) is 0 Å². The Morgan fingerprint density at radius 2 is 1.79 bits per heavy atom. The number of halogens is 1. The Hall–Kier alpha value is -2.64. The predicted molar refractivity (Wildman–Crippen MR) is 115 cm³/mol. The van der Waals surface area contributed by atoms with Crippen LogP contribution in [0.1, 0.15) is 29.8 Å². The number of rotatable bonds is 6. The SMILES string of the molecule is CCc1nnc(CSc2nnc(-c3ccccc3Cl)n2-c2cc(C)ccc2C)o1. The van der Waals surface area contributed by atoms with Crippen molar-refractivity contribution in [2.75, 3.05) is 0 Å². The monoisotopic (exact) mass is 425 g/mol. The van der Waals surface area contributed by atoms with Crippen LogP contribution >= 0.6 is 23.4 Å². The quantitative estimate of drug-likeness (QED) is 0.383. The van der Waals surface area contributed by atoms with Crippen LogP contribution < -0.4 is 0 Å². The van der Waals surface area contributed by atoms with Gasteiger partial charge in [-0.3, -0.25) is 4.57 Å². The Morgan fingerprint density at radius 1 is 1.00 bits per heavy atom. The molecule has 8 heteroatoms. The Labute approximate surface area is 178 Å². The summed E-state index contributed by atoms with van der Waals surface area (Å²) in [6, 6.07) is 14.0. The first kappa shape index (κ1) is 19.7. The van der Waals surface area contributed by atoms with E-state index in [2.05, 4.69) is 52.4 Å². The Balaban J connectivity index is 1.79. The lowest BCUT2D eigenvalue weighted by Gasteiger charge is -2.14. The summed E-state index contributed by atoms with van der Waals surface area (Å²) in [5.74, 6) is 2.42. The van der Waals surface area contributed by atoms with Crippen LogP contribution in [0, 0.1) is 13.8 Å². The Kier molecular flexibility index (Phi) is 5.69. The normalized spacial score (nSPS) is 11.2. The van der Waals surface area contributed by atoms with Gasteiger partial charge in [0.15, 0.2) is 11.0 Å². The molecule has 0 aliphatic rings. The number of aromatic nitrogens is 5. The molecule has 0 bridgehead atoms. The molecule has 0 aliphatic carbocycles. The fourth-order valence-electron chi connectivity index (χ4n) is 2.97. The fourth-order valence-corrected chi connectivity index (χ4v) is 3.98. The van der Waals surface area contributed by atoms with E-state index in [9.17, 15) is 0 Å². The first-order valence-corrected chi connectivity index (χ1v) is 10.6. The van der Waals surface area contributed by atoms with Crippen molar-refractivity contribution in [1.82, 2.24) is 25.0 Å². The molecule has 2 aromatic heterocycles. The second-order valence-corrected chi connectivity index (χ2v) is 7.99. The number of hydrogen-bond donors (Lipinski definition) is 0. The molecule has 0 unspecified atom stereocenters. The van der Waals surface area contributed by atoms with Crippen molar-refractivity contribution >= 4 is 23.4 Å². The summed E-state index contributed by atoms with van der Waals surface area (Å²) in [6.07, 6.45) is 0.715. The van der Waals surface area contributed by atoms with E-state index < -0.39 is 0 Å². The maximum atomic E-state index is 6.47. The van der Waals surface area contributed by atoms with Crippen molar-refractivity contribution in [1.29, 1.82) is 0 Å². The van der Waals surface area contributed by atoms with Gasteiger partial charge in [0, 0.05) is 12.0 Å². The van der Waals surface area contributed by atoms with Crippen LogP contribution in [0.25, 0.3) is 17.1 Å². The van der Waals surface area contributed by atoms with Gasteiger partial charge >= 0.3 is 0 Å². The summed E-state index contributed by atoms with van der Waals surface area (Å²) in [7, 11) is 0. The molecule has 4 rings (SSSR count). The summed E-state index contributed by atoms with van der Waals surface area (Å²) in [5.41, 5.74) is 4.13. The summed E-state index contributed by atoms with van der Waals surface area (Å²) >= 11 is 7.97. The largest absolute Gasteiger partial charge is 0.424 e. The van der Waals surface area contributed by atoms with Crippen LogP contribution in [0.4, 0.5) is 0 Å². The topological polar surface area (TPSA) is 69.6 Å². The molecule has 0 fully saturated rings. The van der Waals surface area contributed by atoms with Crippen molar-refractivity contribution in [2.45, 2.75) is 38.1 Å². The van der Waals surface area contributed by atoms with E-state index in [0.29, 0.717) is 34.8 Å². The number of thioether (sulfide) groups is 1. The van der Waals surface area contributed by atoms with E-state index in [1.807, 2.05) is 35.8 Å². The average molecular weight is 426 g/mol. The molecular weight excluding hydrogens is 406 g/mol. The molecule has 6 nitrogen and oxygen atoms in total. The molecule has 0 atom stereocenters. The molecule has 148 valence electrons. The fraction of sp³-hybridized carbons (Fsp3) is 0.238. The van der Waals surface area contributed by atoms with Crippen LogP contribution in [-0.4, -0.2) is 25.0 Å². The van der Waals surface area contributed by atoms with Gasteiger partial charge in [0.2, 0.25) is 11.8 Å². The number of benzene rings is 2. The van der Waals surface area contributed by atoms with E-state index in [1.165, 1.54) is 11.8 Å². The van der Waals surface area contributed by atoms with Crippen molar-refractivity contribution < 1.29 is 4.42 Å². The van der Waals surface area contributed by atoms with E-state index in [4.69, 9.17) is 16.0 Å². The van der Waals surface area contributed by atoms with E-state index >= 15 is 0 Å². The molecule has 0 aliphatic heterocycles. The molecule has 0 N–H and O–H groups in total. The minimum absolute atomic E-state index is 0.512. The highest BCUT2D eigenvalue weighted by atomic mass is 35.5. The molecule has 0 amide bonds. The second-order valence-electron chi connectivity index (χ2n) is 6.64. The number of hydrogen-bond acceptors (Lipinski definition) is 6. The molecule has 2 heterocycles. The molecule has 0 radical (unpaired) electrons. The van der Waals surface area contributed by atoms with Crippen molar-refractivity contribution in [3.05, 3.63) is 70.4 Å². The zero-order valence-corrected chi connectivity index (χ0v) is 18.0. The van der Waals surface area contributed by atoms with Crippen molar-refractivity contribution in [3.8, 4) is 17.1 Å². The predicted octanol–water partition coefficient (Wildman–Crippen LogP) is 5.44. The Bertz CT molecular complexity index is 1150. The van der Waals surface area contributed by atoms with Gasteiger partial charge in [-0.2, -0.15) is 0 Å². The molecular formula is C21H20ClN5OS. The van der Waals surface area contributed by atoms with Gasteiger partial charge < -0.3 is 4.42 Å². The van der Waals surface area contributed by atoms with Gasteiger partial charge in [0.25, 0.3) is 0 Å². The zero-order chi connectivity index (χ0) is 20.4. The summed E-state index contributed by atoms with van der Waals surface area (Å²) in [4.78, 5) is 0. The molecule has 0 spiro atoms. The van der Waals surface area contributed by atoms with E-state index in [-0.39, 0.29) is 0 Å². The van der Waals surface area contributed by atoms with Crippen LogP contribution in [0.2, 0.25) is 5.02 Å². The van der Waals surface area contributed by atoms with Gasteiger partial charge in [-0.1, -0.05) is 54.6 Å². The van der Waals surface area contributed by atoms with Gasteiger partial charge in [-0.15, -0.1) is 20.4 Å². The van der Waals surface area contributed by atoms with E-state index in [0.717, 1.165) is 27.5 Å². The first-order chi connectivity index (χ1) is 14.1. The van der Waals surface area contributed by atoms with Crippen molar-refractivity contribution in [2.24, 2.45) is 0 Å². The Morgan fingerprint density at radius 3 is 2.55 bits per heavy atom. The minimum Gasteiger partial charge on any atom is -0.424 e. The van der Waals surface area contributed by atoms with Crippen LogP contribution in [-0.2, 0) is 12.2 Å². The van der Waals surface area contributed by atoms with Crippen LogP contribution in [0.5, 0.6) is 0 Å². The molecule has 2 aromatic carbocycles. The van der Waals surface area contributed by atoms with Gasteiger partial charge in [-0.05, 0) is 43.2 Å². The maximum absolute atomic E-state index is 6.47. The van der Waals surface area contributed by atoms with Gasteiger partial charge in [-0.25, -0.2) is 0 Å². The highest BCUT2D eigenvalue weighted by Gasteiger charge is 2.20. The lowest BCUT2D eigenvalue weighted by Crippen LogP contribution is -2.03. The molecule has 0 saturated heterocycles. The smallest absolute Gasteiger partial charge is 0.226 e. The van der Waals surface area contributed by atoms with Crippen LogP contribution in [0.3, 0.4) is 0 Å². The molecule has 4 aromatic rings. The highest BCUT2D eigenvalue weighted by molar-refractivity contribution is 7.98. The number of nitrogens with zero attached hydrogens (tertiary/aromatic N) is 5. The molecule has 0 saturated carbocycles. The molecule has 29 heavy (non-hydrogen) atoms. The second kappa shape index (κ2) is 8.39. The van der Waals surface area contributed by atoms with Crippen molar-refractivity contribution in [3.63, 3.8) is 0 Å². The summed E-state index contributed by atoms with van der Waals surface area (Å²) in [5, 5.41) is 18.4. The van der Waals surface area contributed by atoms with Crippen LogP contribution in [0.15, 0.2) is 52.0 Å². The lowest BCUT2D eigenvalue weighted by atomic mass is 10.1. The third kappa shape index (κ3) is 4.06.